The predicted octanol–water partition coefficient (Wildman–Crippen LogP) is 4.39. The molecule has 7 heteroatoms. The zero-order valence-electron chi connectivity index (χ0n) is 18.0. The Kier molecular flexibility index (Phi) is 12.5. The summed E-state index contributed by atoms with van der Waals surface area (Å²) in [4.78, 5) is 18.4. The fraction of sp³-hybridized carbons (Fsp3) is 0.391. The average Bonchev–Trinajstić information content (AvgIpc) is 2.72. The van der Waals surface area contributed by atoms with Crippen LogP contribution >= 0.6 is 35.6 Å². The molecule has 164 valence electrons. The number of amides is 1. The van der Waals surface area contributed by atoms with Gasteiger partial charge in [0.05, 0.1) is 0 Å². The maximum absolute atomic E-state index is 12.1. The molecule has 1 amide bonds. The van der Waals surface area contributed by atoms with Gasteiger partial charge in [0.25, 0.3) is 5.91 Å². The van der Waals surface area contributed by atoms with Gasteiger partial charge in [0.2, 0.25) is 0 Å². The molecule has 2 rings (SSSR count). The molecule has 0 bridgehead atoms. The van der Waals surface area contributed by atoms with Crippen LogP contribution in [0.5, 0.6) is 0 Å². The SMILES string of the molecule is CCNC(=NCCCc1ccc(Cl)cc1)NCCc1cccc(C(=O)N(C)C)c1.I. The third kappa shape index (κ3) is 9.34. The highest BCUT2D eigenvalue weighted by atomic mass is 127. The van der Waals surface area contributed by atoms with Crippen LogP contribution < -0.4 is 10.6 Å². The summed E-state index contributed by atoms with van der Waals surface area (Å²) in [5, 5.41) is 7.42. The molecule has 0 aliphatic carbocycles. The fourth-order valence-electron chi connectivity index (χ4n) is 2.91. The molecule has 0 unspecified atom stereocenters. The van der Waals surface area contributed by atoms with Crippen LogP contribution in [0.4, 0.5) is 0 Å². The lowest BCUT2D eigenvalue weighted by atomic mass is 10.1. The van der Waals surface area contributed by atoms with Crippen molar-refractivity contribution in [3.8, 4) is 0 Å². The molecule has 0 atom stereocenters. The van der Waals surface area contributed by atoms with E-state index in [1.165, 1.54) is 5.56 Å². The van der Waals surface area contributed by atoms with Crippen LogP contribution in [0.15, 0.2) is 53.5 Å². The first-order chi connectivity index (χ1) is 14.0. The van der Waals surface area contributed by atoms with Crippen molar-refractivity contribution in [2.24, 2.45) is 4.99 Å². The standard InChI is InChI=1S/C23H31ClN4O.HI/c1-4-25-23(26-15-6-8-18-10-12-21(24)13-11-18)27-16-14-19-7-5-9-20(17-19)22(29)28(2)3;/h5,7,9-13,17H,4,6,8,14-16H2,1-3H3,(H2,25,26,27);1H. The molecule has 0 radical (unpaired) electrons. The first-order valence-electron chi connectivity index (χ1n) is 10.1. The molecule has 0 saturated heterocycles. The van der Waals surface area contributed by atoms with E-state index >= 15 is 0 Å². The number of nitrogens with zero attached hydrogens (tertiary/aromatic N) is 2. The number of carbonyl (C=O) groups is 1. The van der Waals surface area contributed by atoms with Crippen molar-refractivity contribution in [2.45, 2.75) is 26.2 Å². The highest BCUT2D eigenvalue weighted by Crippen LogP contribution is 2.11. The average molecular weight is 543 g/mol. The molecule has 0 fully saturated rings. The maximum atomic E-state index is 12.1. The molecule has 2 aromatic rings. The molecular weight excluding hydrogens is 511 g/mol. The van der Waals surface area contributed by atoms with Gasteiger partial charge >= 0.3 is 0 Å². The number of aliphatic imine (C=N–C) groups is 1. The summed E-state index contributed by atoms with van der Waals surface area (Å²) >= 11 is 5.92. The quantitative estimate of drug-likeness (QED) is 0.214. The summed E-state index contributed by atoms with van der Waals surface area (Å²) in [7, 11) is 3.53. The molecular formula is C23H32ClIN4O. The molecule has 0 saturated carbocycles. The molecule has 0 spiro atoms. The minimum atomic E-state index is 0. The second-order valence-electron chi connectivity index (χ2n) is 7.07. The van der Waals surface area contributed by atoms with E-state index in [1.807, 2.05) is 36.4 Å². The number of halogens is 2. The van der Waals surface area contributed by atoms with E-state index in [1.54, 1.807) is 19.0 Å². The van der Waals surface area contributed by atoms with Crippen LogP contribution in [0, 0.1) is 0 Å². The third-order valence-corrected chi connectivity index (χ3v) is 4.69. The van der Waals surface area contributed by atoms with Crippen molar-refractivity contribution in [2.75, 3.05) is 33.7 Å². The van der Waals surface area contributed by atoms with Gasteiger partial charge in [-0.15, -0.1) is 24.0 Å². The van der Waals surface area contributed by atoms with Crippen molar-refractivity contribution in [3.63, 3.8) is 0 Å². The van der Waals surface area contributed by atoms with Gasteiger partial charge in [0.15, 0.2) is 5.96 Å². The molecule has 0 aliphatic heterocycles. The lowest BCUT2D eigenvalue weighted by molar-refractivity contribution is 0.0827. The van der Waals surface area contributed by atoms with Crippen molar-refractivity contribution in [1.29, 1.82) is 0 Å². The number of hydrogen-bond acceptors (Lipinski definition) is 2. The largest absolute Gasteiger partial charge is 0.357 e. The Hall–Kier alpha value is -1.80. The fourth-order valence-corrected chi connectivity index (χ4v) is 3.04. The van der Waals surface area contributed by atoms with E-state index in [-0.39, 0.29) is 29.9 Å². The predicted molar refractivity (Wildman–Crippen MR) is 137 cm³/mol. The van der Waals surface area contributed by atoms with Crippen LogP contribution in [0.3, 0.4) is 0 Å². The molecule has 0 heterocycles. The highest BCUT2D eigenvalue weighted by Gasteiger charge is 2.08. The van der Waals surface area contributed by atoms with Gasteiger partial charge in [-0.3, -0.25) is 9.79 Å². The minimum Gasteiger partial charge on any atom is -0.357 e. The summed E-state index contributed by atoms with van der Waals surface area (Å²) in [5.41, 5.74) is 3.12. The number of hydrogen-bond donors (Lipinski definition) is 2. The summed E-state index contributed by atoms with van der Waals surface area (Å²) in [6.45, 7) is 4.38. The Bertz CT molecular complexity index is 809. The number of rotatable bonds is 9. The summed E-state index contributed by atoms with van der Waals surface area (Å²) in [6, 6.07) is 15.8. The van der Waals surface area contributed by atoms with Crippen LogP contribution in [0.1, 0.15) is 34.8 Å². The number of nitrogens with one attached hydrogen (secondary N) is 2. The summed E-state index contributed by atoms with van der Waals surface area (Å²) < 4.78 is 0. The van der Waals surface area contributed by atoms with Gasteiger partial charge in [-0.25, -0.2) is 0 Å². The van der Waals surface area contributed by atoms with E-state index in [4.69, 9.17) is 11.6 Å². The van der Waals surface area contributed by atoms with Crippen LogP contribution in [0.2, 0.25) is 5.02 Å². The summed E-state index contributed by atoms with van der Waals surface area (Å²) in [5.74, 6) is 0.847. The van der Waals surface area contributed by atoms with E-state index in [0.29, 0.717) is 0 Å². The van der Waals surface area contributed by atoms with Gasteiger partial charge in [-0.1, -0.05) is 35.9 Å². The van der Waals surface area contributed by atoms with Crippen molar-refractivity contribution in [1.82, 2.24) is 15.5 Å². The second kappa shape index (κ2) is 14.2. The lowest BCUT2D eigenvalue weighted by Gasteiger charge is -2.13. The number of carbonyl (C=O) groups excluding carboxylic acids is 1. The Morgan fingerprint density at radius 2 is 1.77 bits per heavy atom. The monoisotopic (exact) mass is 542 g/mol. The molecule has 2 N–H and O–H groups in total. The van der Waals surface area contributed by atoms with Gasteiger partial charge in [-0.2, -0.15) is 0 Å². The summed E-state index contributed by atoms with van der Waals surface area (Å²) in [6.07, 6.45) is 2.78. The molecule has 30 heavy (non-hydrogen) atoms. The topological polar surface area (TPSA) is 56.7 Å². The highest BCUT2D eigenvalue weighted by molar-refractivity contribution is 14.0. The minimum absolute atomic E-state index is 0. The van der Waals surface area contributed by atoms with Gasteiger partial charge in [-0.05, 0) is 61.6 Å². The number of benzene rings is 2. The van der Waals surface area contributed by atoms with Crippen molar-refractivity contribution < 1.29 is 4.79 Å². The third-order valence-electron chi connectivity index (χ3n) is 4.44. The van der Waals surface area contributed by atoms with E-state index < -0.39 is 0 Å². The smallest absolute Gasteiger partial charge is 0.253 e. The Morgan fingerprint density at radius 3 is 2.43 bits per heavy atom. The first-order valence-corrected chi connectivity index (χ1v) is 10.4. The Morgan fingerprint density at radius 1 is 1.03 bits per heavy atom. The van der Waals surface area contributed by atoms with E-state index in [2.05, 4.69) is 34.7 Å². The first kappa shape index (κ1) is 26.2. The zero-order chi connectivity index (χ0) is 21.1. The van der Waals surface area contributed by atoms with Crippen LogP contribution in [-0.4, -0.2) is 50.5 Å². The molecule has 0 aliphatic rings. The van der Waals surface area contributed by atoms with Crippen LogP contribution in [0.25, 0.3) is 0 Å². The van der Waals surface area contributed by atoms with Crippen LogP contribution in [-0.2, 0) is 12.8 Å². The normalized spacial score (nSPS) is 10.9. The van der Waals surface area contributed by atoms with Gasteiger partial charge < -0.3 is 15.5 Å². The van der Waals surface area contributed by atoms with Crippen molar-refractivity contribution in [3.05, 3.63) is 70.2 Å². The molecule has 5 nitrogen and oxygen atoms in total. The number of aryl methyl sites for hydroxylation is 1. The van der Waals surface area contributed by atoms with E-state index in [9.17, 15) is 4.79 Å². The second-order valence-corrected chi connectivity index (χ2v) is 7.50. The Balaban J connectivity index is 0.00000450. The maximum Gasteiger partial charge on any atom is 0.253 e. The van der Waals surface area contributed by atoms with Gasteiger partial charge in [0, 0.05) is 44.3 Å². The van der Waals surface area contributed by atoms with Gasteiger partial charge in [0.1, 0.15) is 0 Å². The lowest BCUT2D eigenvalue weighted by Crippen LogP contribution is -2.38. The zero-order valence-corrected chi connectivity index (χ0v) is 21.0. The Labute approximate surface area is 202 Å². The number of guanidine groups is 1. The van der Waals surface area contributed by atoms with Crippen molar-refractivity contribution >= 4 is 47.4 Å². The van der Waals surface area contributed by atoms with E-state index in [0.717, 1.165) is 61.0 Å². The molecule has 2 aromatic carbocycles. The molecule has 0 aromatic heterocycles.